The summed E-state index contributed by atoms with van der Waals surface area (Å²) in [5.41, 5.74) is 1.25. The van der Waals surface area contributed by atoms with E-state index in [1.165, 1.54) is 5.56 Å². The van der Waals surface area contributed by atoms with Gasteiger partial charge < -0.3 is 5.32 Å². The summed E-state index contributed by atoms with van der Waals surface area (Å²) < 4.78 is 38.3. The minimum absolute atomic E-state index is 0.0571. The fourth-order valence-corrected chi connectivity index (χ4v) is 3.04. The molecule has 3 rings (SSSR count). The van der Waals surface area contributed by atoms with E-state index in [2.05, 4.69) is 31.2 Å². The number of aromatic nitrogens is 3. The van der Waals surface area contributed by atoms with Gasteiger partial charge in [0.1, 0.15) is 17.8 Å². The van der Waals surface area contributed by atoms with E-state index in [0.29, 0.717) is 0 Å². The zero-order chi connectivity index (χ0) is 17.9. The van der Waals surface area contributed by atoms with Crippen molar-refractivity contribution < 1.29 is 13.2 Å². The minimum Gasteiger partial charge on any atom is -0.366 e. The summed E-state index contributed by atoms with van der Waals surface area (Å²) in [4.78, 5) is 13.8. The number of hydrogen-bond acceptors (Lipinski definition) is 5. The number of rotatable bonds is 4. The molecule has 1 atom stereocenters. The smallest absolute Gasteiger partial charge is 0.366 e. The maximum atomic E-state index is 12.8. The molecule has 1 aliphatic heterocycles. The maximum absolute atomic E-state index is 12.8. The van der Waals surface area contributed by atoms with Crippen LogP contribution in [-0.2, 0) is 12.7 Å². The van der Waals surface area contributed by atoms with Crippen molar-refractivity contribution in [3.05, 3.63) is 47.7 Å². The Bertz CT molecular complexity index is 719. The number of piperidine rings is 1. The zero-order valence-electron chi connectivity index (χ0n) is 13.9. The molecule has 25 heavy (non-hydrogen) atoms. The molecule has 0 spiro atoms. The van der Waals surface area contributed by atoms with Crippen LogP contribution in [-0.4, -0.2) is 39.0 Å². The monoisotopic (exact) mass is 351 g/mol. The molecule has 0 aromatic carbocycles. The van der Waals surface area contributed by atoms with Crippen LogP contribution in [0, 0.1) is 6.92 Å². The molecule has 0 radical (unpaired) electrons. The number of hydrogen-bond donors (Lipinski definition) is 1. The topological polar surface area (TPSA) is 53.9 Å². The van der Waals surface area contributed by atoms with Crippen LogP contribution in [0.5, 0.6) is 0 Å². The van der Waals surface area contributed by atoms with Gasteiger partial charge in [-0.15, -0.1) is 0 Å². The Labute approximate surface area is 144 Å². The van der Waals surface area contributed by atoms with E-state index in [1.807, 2.05) is 13.0 Å². The molecule has 0 aliphatic carbocycles. The Morgan fingerprint density at radius 2 is 2.12 bits per heavy atom. The lowest BCUT2D eigenvalue weighted by Gasteiger charge is -2.33. The lowest BCUT2D eigenvalue weighted by atomic mass is 10.0. The van der Waals surface area contributed by atoms with E-state index >= 15 is 0 Å². The summed E-state index contributed by atoms with van der Waals surface area (Å²) >= 11 is 0. The van der Waals surface area contributed by atoms with Crippen molar-refractivity contribution in [1.82, 2.24) is 19.9 Å². The average Bonchev–Trinajstić information content (AvgIpc) is 2.57. The van der Waals surface area contributed by atoms with E-state index < -0.39 is 11.9 Å². The van der Waals surface area contributed by atoms with Crippen LogP contribution in [0.3, 0.4) is 0 Å². The van der Waals surface area contributed by atoms with Crippen molar-refractivity contribution in [1.29, 1.82) is 0 Å². The van der Waals surface area contributed by atoms with Crippen LogP contribution in [0.15, 0.2) is 30.7 Å². The van der Waals surface area contributed by atoms with Crippen molar-refractivity contribution in [2.75, 3.05) is 18.4 Å². The fourth-order valence-electron chi connectivity index (χ4n) is 3.04. The summed E-state index contributed by atoms with van der Waals surface area (Å²) in [6, 6.07) is 4.99. The molecule has 8 heteroatoms. The number of nitrogens with one attached hydrogen (secondary N) is 1. The summed E-state index contributed by atoms with van der Waals surface area (Å²) in [6.07, 6.45) is 0.134. The molecule has 2 aromatic heterocycles. The van der Waals surface area contributed by atoms with Crippen LogP contribution in [0.25, 0.3) is 0 Å². The maximum Gasteiger partial charge on any atom is 0.433 e. The van der Waals surface area contributed by atoms with Gasteiger partial charge in [0, 0.05) is 37.1 Å². The first-order valence-corrected chi connectivity index (χ1v) is 8.20. The van der Waals surface area contributed by atoms with Crippen molar-refractivity contribution in [3.8, 4) is 0 Å². The third kappa shape index (κ3) is 4.66. The zero-order valence-corrected chi connectivity index (χ0v) is 13.9. The Morgan fingerprint density at radius 1 is 1.28 bits per heavy atom. The van der Waals surface area contributed by atoms with Crippen LogP contribution in [0.2, 0.25) is 0 Å². The standard InChI is InChI=1S/C17H20F3N5/c1-12-13(4-2-6-21-12)9-25-7-3-5-14(10-25)24-16-8-15(17(18,19)20)22-11-23-16/h2,4,6,8,11,14H,3,5,7,9-10H2,1H3,(H,22,23,24). The molecule has 1 aliphatic rings. The van der Waals surface area contributed by atoms with Crippen LogP contribution >= 0.6 is 0 Å². The number of aryl methyl sites for hydroxylation is 1. The Hall–Kier alpha value is -2.22. The summed E-state index contributed by atoms with van der Waals surface area (Å²) in [6.45, 7) is 4.48. The number of halogens is 3. The molecule has 0 saturated carbocycles. The first kappa shape index (κ1) is 17.6. The highest BCUT2D eigenvalue weighted by Crippen LogP contribution is 2.28. The van der Waals surface area contributed by atoms with Crippen LogP contribution in [0.1, 0.15) is 29.8 Å². The minimum atomic E-state index is -4.46. The molecule has 0 amide bonds. The molecule has 1 fully saturated rings. The van der Waals surface area contributed by atoms with Gasteiger partial charge in [0.15, 0.2) is 0 Å². The van der Waals surface area contributed by atoms with Gasteiger partial charge in [0.25, 0.3) is 0 Å². The van der Waals surface area contributed by atoms with Gasteiger partial charge in [-0.1, -0.05) is 6.07 Å². The van der Waals surface area contributed by atoms with Crippen LogP contribution < -0.4 is 5.32 Å². The highest BCUT2D eigenvalue weighted by Gasteiger charge is 2.33. The van der Waals surface area contributed by atoms with Crippen molar-refractivity contribution >= 4 is 5.82 Å². The van der Waals surface area contributed by atoms with Gasteiger partial charge in [-0.2, -0.15) is 13.2 Å². The third-order valence-corrected chi connectivity index (χ3v) is 4.33. The Balaban J connectivity index is 1.63. The van der Waals surface area contributed by atoms with E-state index in [1.54, 1.807) is 6.20 Å². The molecule has 1 N–H and O–H groups in total. The second-order valence-corrected chi connectivity index (χ2v) is 6.25. The highest BCUT2D eigenvalue weighted by molar-refractivity contribution is 5.37. The summed E-state index contributed by atoms with van der Waals surface area (Å²) in [5.74, 6) is 0.215. The van der Waals surface area contributed by atoms with E-state index in [-0.39, 0.29) is 11.9 Å². The number of nitrogens with zero attached hydrogens (tertiary/aromatic N) is 4. The van der Waals surface area contributed by atoms with Gasteiger partial charge in [-0.25, -0.2) is 9.97 Å². The van der Waals surface area contributed by atoms with Gasteiger partial charge in [0.05, 0.1) is 0 Å². The van der Waals surface area contributed by atoms with E-state index in [4.69, 9.17) is 0 Å². The van der Waals surface area contributed by atoms with Gasteiger partial charge in [0.2, 0.25) is 0 Å². The molecular formula is C17H20F3N5. The molecule has 3 heterocycles. The van der Waals surface area contributed by atoms with Crippen molar-refractivity contribution in [3.63, 3.8) is 0 Å². The lowest BCUT2D eigenvalue weighted by Crippen LogP contribution is -2.41. The van der Waals surface area contributed by atoms with Gasteiger partial charge in [-0.05, 0) is 37.9 Å². The second-order valence-electron chi connectivity index (χ2n) is 6.25. The predicted octanol–water partition coefficient (Wildman–Crippen LogP) is 3.28. The SMILES string of the molecule is Cc1ncccc1CN1CCCC(Nc2cc(C(F)(F)F)ncn2)C1. The molecule has 1 unspecified atom stereocenters. The normalized spacial score (nSPS) is 19.0. The molecular weight excluding hydrogens is 331 g/mol. The van der Waals surface area contributed by atoms with Crippen molar-refractivity contribution in [2.24, 2.45) is 0 Å². The van der Waals surface area contributed by atoms with Crippen molar-refractivity contribution in [2.45, 2.75) is 38.5 Å². The number of alkyl halides is 3. The lowest BCUT2D eigenvalue weighted by molar-refractivity contribution is -0.141. The quantitative estimate of drug-likeness (QED) is 0.916. The largest absolute Gasteiger partial charge is 0.433 e. The first-order chi connectivity index (χ1) is 11.9. The molecule has 1 saturated heterocycles. The fraction of sp³-hybridized carbons (Fsp3) is 0.471. The molecule has 5 nitrogen and oxygen atoms in total. The first-order valence-electron chi connectivity index (χ1n) is 8.20. The van der Waals surface area contributed by atoms with E-state index in [0.717, 1.165) is 50.6 Å². The average molecular weight is 351 g/mol. The summed E-state index contributed by atoms with van der Waals surface area (Å²) in [5, 5.41) is 3.12. The van der Waals surface area contributed by atoms with Crippen LogP contribution in [0.4, 0.5) is 19.0 Å². The molecule has 2 aromatic rings. The predicted molar refractivity (Wildman–Crippen MR) is 87.9 cm³/mol. The molecule has 134 valence electrons. The van der Waals surface area contributed by atoms with Gasteiger partial charge >= 0.3 is 6.18 Å². The van der Waals surface area contributed by atoms with E-state index in [9.17, 15) is 13.2 Å². The number of likely N-dealkylation sites (tertiary alicyclic amines) is 1. The molecule has 0 bridgehead atoms. The Morgan fingerprint density at radius 3 is 2.88 bits per heavy atom. The Kier molecular flexibility index (Phi) is 5.17. The third-order valence-electron chi connectivity index (χ3n) is 4.33. The summed E-state index contributed by atoms with van der Waals surface area (Å²) in [7, 11) is 0. The highest BCUT2D eigenvalue weighted by atomic mass is 19.4. The van der Waals surface area contributed by atoms with Gasteiger partial charge in [-0.3, -0.25) is 9.88 Å². The number of anilines is 1. The second kappa shape index (κ2) is 7.35. The number of pyridine rings is 1.